The van der Waals surface area contributed by atoms with Gasteiger partial charge in [0.15, 0.2) is 0 Å². The first kappa shape index (κ1) is 53.3. The van der Waals surface area contributed by atoms with Crippen LogP contribution in [0.25, 0.3) is 0 Å². The number of carbonyl (C=O) groups is 2. The van der Waals surface area contributed by atoms with Crippen LogP contribution in [0.15, 0.2) is 0 Å². The molecule has 0 rings (SSSR count). The van der Waals surface area contributed by atoms with E-state index in [-0.39, 0.29) is 0 Å². The topological polar surface area (TPSA) is 34.1 Å². The number of ketones is 2. The van der Waals surface area contributed by atoms with Gasteiger partial charge in [0.2, 0.25) is 0 Å². The molecule has 0 N–H and O–H groups in total. The third-order valence-electron chi connectivity index (χ3n) is 12.8. The second-order valence-electron chi connectivity index (χ2n) is 18.1. The molecule has 0 bridgehead atoms. The lowest BCUT2D eigenvalue weighted by molar-refractivity contribution is -0.124. The van der Waals surface area contributed by atoms with Crippen LogP contribution >= 0.6 is 0 Å². The highest BCUT2D eigenvalue weighted by Crippen LogP contribution is 2.27. The van der Waals surface area contributed by atoms with Crippen molar-refractivity contribution in [2.45, 2.75) is 304 Å². The Bertz CT molecular complexity index is 699. The van der Waals surface area contributed by atoms with Crippen LogP contribution in [-0.4, -0.2) is 11.6 Å². The molecule has 0 aromatic rings. The Labute approximate surface area is 342 Å². The predicted molar refractivity (Wildman–Crippen MR) is 243 cm³/mol. The van der Waals surface area contributed by atoms with E-state index in [9.17, 15) is 9.59 Å². The number of hydrogen-bond donors (Lipinski definition) is 0. The van der Waals surface area contributed by atoms with Gasteiger partial charge in [0.1, 0.15) is 11.6 Å². The Morgan fingerprint density at radius 3 is 0.778 bits per heavy atom. The van der Waals surface area contributed by atoms with Crippen molar-refractivity contribution in [2.24, 2.45) is 17.8 Å². The fourth-order valence-corrected chi connectivity index (χ4v) is 8.96. The average Bonchev–Trinajstić information content (AvgIpc) is 3.17. The lowest BCUT2D eigenvalue weighted by atomic mass is 9.88. The molecular weight excluding hydrogens is 657 g/mol. The van der Waals surface area contributed by atoms with Crippen molar-refractivity contribution in [1.82, 2.24) is 0 Å². The quantitative estimate of drug-likeness (QED) is 0.0579. The summed E-state index contributed by atoms with van der Waals surface area (Å²) in [6, 6.07) is 0. The number of rotatable bonds is 46. The summed E-state index contributed by atoms with van der Waals surface area (Å²) in [7, 11) is 0. The maximum absolute atomic E-state index is 13.2. The van der Waals surface area contributed by atoms with Crippen LogP contribution in [0.4, 0.5) is 0 Å². The van der Waals surface area contributed by atoms with Crippen LogP contribution < -0.4 is 0 Å². The highest BCUT2D eigenvalue weighted by molar-refractivity contribution is 5.81. The molecule has 0 saturated heterocycles. The maximum Gasteiger partial charge on any atom is 0.135 e. The molecule has 0 spiro atoms. The summed E-state index contributed by atoms with van der Waals surface area (Å²) in [5.41, 5.74) is 0. The molecule has 0 amide bonds. The second kappa shape index (κ2) is 43.5. The van der Waals surface area contributed by atoms with Gasteiger partial charge in [-0.1, -0.05) is 253 Å². The molecule has 322 valence electrons. The van der Waals surface area contributed by atoms with Gasteiger partial charge in [-0.2, -0.15) is 0 Å². The molecule has 0 fully saturated rings. The zero-order valence-electron chi connectivity index (χ0n) is 38.2. The first-order valence-corrected chi connectivity index (χ1v) is 25.6. The fraction of sp³-hybridized carbons (Fsp3) is 0.962. The van der Waals surface area contributed by atoms with Gasteiger partial charge in [-0.05, 0) is 44.4 Å². The van der Waals surface area contributed by atoms with Gasteiger partial charge in [-0.15, -0.1) is 0 Å². The zero-order valence-corrected chi connectivity index (χ0v) is 38.2. The lowest BCUT2D eigenvalue weighted by Gasteiger charge is -2.17. The van der Waals surface area contributed by atoms with Crippen LogP contribution in [-0.2, 0) is 9.59 Å². The Hall–Kier alpha value is -0.660. The fourth-order valence-electron chi connectivity index (χ4n) is 8.96. The van der Waals surface area contributed by atoms with Crippen molar-refractivity contribution < 1.29 is 9.59 Å². The molecule has 0 radical (unpaired) electrons. The van der Waals surface area contributed by atoms with Crippen LogP contribution in [0.5, 0.6) is 0 Å². The molecule has 54 heavy (non-hydrogen) atoms. The summed E-state index contributed by atoms with van der Waals surface area (Å²) in [5.74, 6) is 2.78. The first-order valence-electron chi connectivity index (χ1n) is 25.6. The maximum atomic E-state index is 13.2. The Morgan fingerprint density at radius 2 is 0.463 bits per heavy atom. The molecule has 2 nitrogen and oxygen atoms in total. The van der Waals surface area contributed by atoms with Gasteiger partial charge in [-0.25, -0.2) is 0 Å². The molecular formula is C52H102O2. The monoisotopic (exact) mass is 759 g/mol. The van der Waals surface area contributed by atoms with E-state index in [1.54, 1.807) is 0 Å². The summed E-state index contributed by atoms with van der Waals surface area (Å²) < 4.78 is 0. The largest absolute Gasteiger partial charge is 0.299 e. The molecule has 0 aromatic heterocycles. The average molecular weight is 759 g/mol. The van der Waals surface area contributed by atoms with Crippen LogP contribution in [0, 0.1) is 17.8 Å². The van der Waals surface area contributed by atoms with Gasteiger partial charge in [0.25, 0.3) is 0 Å². The van der Waals surface area contributed by atoms with E-state index >= 15 is 0 Å². The minimum absolute atomic E-state index is 0.344. The third-order valence-corrected chi connectivity index (χ3v) is 12.8. The second-order valence-corrected chi connectivity index (χ2v) is 18.1. The highest BCUT2D eigenvalue weighted by atomic mass is 16.1. The molecule has 2 unspecified atom stereocenters. The molecule has 0 heterocycles. The first-order chi connectivity index (χ1) is 26.5. The highest BCUT2D eigenvalue weighted by Gasteiger charge is 2.19. The van der Waals surface area contributed by atoms with E-state index in [4.69, 9.17) is 0 Å². The van der Waals surface area contributed by atoms with Gasteiger partial charge in [0.05, 0.1) is 0 Å². The standard InChI is InChI=1S/C52H102O2/c1-6-11-16-20-26-35-44-49(42-33-18-13-8-3)51(53)46-37-28-22-24-31-40-48(39-30-15-10-5)41-32-25-23-29-38-47-52(54)50(43-34-19-14-9-4)45-36-27-21-17-12-7-2/h48-50H,6-47H2,1-5H3. The smallest absolute Gasteiger partial charge is 0.135 e. The summed E-state index contributed by atoms with van der Waals surface area (Å²) in [4.78, 5) is 26.4. The number of carbonyl (C=O) groups excluding carboxylic acids is 2. The molecule has 0 aliphatic carbocycles. The van der Waals surface area contributed by atoms with Crippen LogP contribution in [0.2, 0.25) is 0 Å². The Morgan fingerprint density at radius 1 is 0.259 bits per heavy atom. The number of hydrogen-bond acceptors (Lipinski definition) is 2. The number of unbranched alkanes of at least 4 members (excludes halogenated alkanes) is 26. The van der Waals surface area contributed by atoms with Crippen molar-refractivity contribution in [1.29, 1.82) is 0 Å². The van der Waals surface area contributed by atoms with Gasteiger partial charge < -0.3 is 0 Å². The molecule has 2 heteroatoms. The van der Waals surface area contributed by atoms with Gasteiger partial charge >= 0.3 is 0 Å². The van der Waals surface area contributed by atoms with Crippen molar-refractivity contribution in [2.75, 3.05) is 0 Å². The molecule has 0 aliphatic heterocycles. The summed E-state index contributed by atoms with van der Waals surface area (Å²) in [6.07, 6.45) is 53.6. The van der Waals surface area contributed by atoms with Crippen molar-refractivity contribution in [3.05, 3.63) is 0 Å². The van der Waals surface area contributed by atoms with E-state index in [0.717, 1.165) is 57.3 Å². The Kier molecular flexibility index (Phi) is 42.9. The Balaban J connectivity index is 4.36. The third kappa shape index (κ3) is 35.7. The number of Topliss-reactive ketones (excluding diaryl/α,β-unsaturated/α-hetero) is 2. The summed E-state index contributed by atoms with van der Waals surface area (Å²) >= 11 is 0. The molecule has 0 saturated carbocycles. The summed E-state index contributed by atoms with van der Waals surface area (Å²) in [5, 5.41) is 0. The van der Waals surface area contributed by atoms with Gasteiger partial charge in [-0.3, -0.25) is 9.59 Å². The zero-order chi connectivity index (χ0) is 39.6. The minimum atomic E-state index is 0.344. The normalized spacial score (nSPS) is 13.4. The molecule has 0 aromatic carbocycles. The minimum Gasteiger partial charge on any atom is -0.299 e. The van der Waals surface area contributed by atoms with Crippen LogP contribution in [0.1, 0.15) is 304 Å². The van der Waals surface area contributed by atoms with Crippen molar-refractivity contribution in [3.8, 4) is 0 Å². The van der Waals surface area contributed by atoms with E-state index in [0.29, 0.717) is 23.4 Å². The van der Waals surface area contributed by atoms with Gasteiger partial charge in [0, 0.05) is 24.7 Å². The van der Waals surface area contributed by atoms with E-state index < -0.39 is 0 Å². The lowest BCUT2D eigenvalue weighted by Crippen LogP contribution is -2.14. The van der Waals surface area contributed by atoms with E-state index in [1.165, 1.54) is 218 Å². The predicted octanol–water partition coefficient (Wildman–Crippen LogP) is 18.5. The summed E-state index contributed by atoms with van der Waals surface area (Å²) in [6.45, 7) is 11.5. The van der Waals surface area contributed by atoms with Crippen molar-refractivity contribution >= 4 is 11.6 Å². The molecule has 0 aliphatic rings. The SMILES string of the molecule is CCCCCCCCC(CCCCCC)C(=O)CCCCCCCC(CCCCC)CCCCCCCC(=O)C(CCCCCC)CCCCCCCC. The van der Waals surface area contributed by atoms with E-state index in [2.05, 4.69) is 34.6 Å². The molecule has 2 atom stereocenters. The van der Waals surface area contributed by atoms with Crippen molar-refractivity contribution in [3.63, 3.8) is 0 Å². The van der Waals surface area contributed by atoms with E-state index in [1.807, 2.05) is 0 Å². The van der Waals surface area contributed by atoms with Crippen LogP contribution in [0.3, 0.4) is 0 Å².